The molecule has 2 N–H and O–H groups in total. The van der Waals surface area contributed by atoms with Gasteiger partial charge in [-0.1, -0.05) is 0 Å². The van der Waals surface area contributed by atoms with E-state index in [2.05, 4.69) is 4.90 Å². The number of anilines is 1. The van der Waals surface area contributed by atoms with E-state index in [1.165, 1.54) is 12.1 Å². The SMILES string of the molecule is NS(=O)(=O)c1ccc(N2CCC(C=O)CC2)cc1. The van der Waals surface area contributed by atoms with Gasteiger partial charge in [-0.3, -0.25) is 0 Å². The summed E-state index contributed by atoms with van der Waals surface area (Å²) in [5.41, 5.74) is 0.965. The maximum absolute atomic E-state index is 11.1. The summed E-state index contributed by atoms with van der Waals surface area (Å²) in [7, 11) is -3.63. The van der Waals surface area contributed by atoms with Crippen LogP contribution in [0.4, 0.5) is 5.69 Å². The maximum Gasteiger partial charge on any atom is 0.238 e. The molecule has 0 saturated carbocycles. The molecule has 0 spiro atoms. The van der Waals surface area contributed by atoms with Gasteiger partial charge in [0.25, 0.3) is 0 Å². The average Bonchev–Trinajstić information content (AvgIpc) is 2.38. The first-order chi connectivity index (χ1) is 8.50. The highest BCUT2D eigenvalue weighted by Crippen LogP contribution is 2.23. The zero-order valence-electron chi connectivity index (χ0n) is 9.95. The Bertz CT molecular complexity index is 517. The first-order valence-corrected chi connectivity index (χ1v) is 7.38. The molecule has 0 bridgehead atoms. The fourth-order valence-electron chi connectivity index (χ4n) is 2.14. The summed E-state index contributed by atoms with van der Waals surface area (Å²) in [6, 6.07) is 6.52. The van der Waals surface area contributed by atoms with Crippen molar-refractivity contribution in [2.24, 2.45) is 11.1 Å². The molecule has 1 fully saturated rings. The van der Waals surface area contributed by atoms with Gasteiger partial charge in [0.15, 0.2) is 0 Å². The molecule has 0 unspecified atom stereocenters. The molecule has 1 saturated heterocycles. The van der Waals surface area contributed by atoms with Crippen LogP contribution in [0, 0.1) is 5.92 Å². The van der Waals surface area contributed by atoms with Crippen molar-refractivity contribution in [3.63, 3.8) is 0 Å². The number of benzene rings is 1. The number of primary sulfonamides is 1. The number of nitrogens with two attached hydrogens (primary N) is 1. The molecule has 1 aromatic rings. The van der Waals surface area contributed by atoms with E-state index in [-0.39, 0.29) is 10.8 Å². The van der Waals surface area contributed by atoms with Crippen LogP contribution in [0.2, 0.25) is 0 Å². The predicted octanol–water partition coefficient (Wildman–Crippen LogP) is 0.749. The van der Waals surface area contributed by atoms with E-state index < -0.39 is 10.0 Å². The molecule has 0 atom stereocenters. The summed E-state index contributed by atoms with van der Waals surface area (Å²) < 4.78 is 22.3. The quantitative estimate of drug-likeness (QED) is 0.820. The summed E-state index contributed by atoms with van der Waals surface area (Å²) in [4.78, 5) is 12.9. The number of carbonyl (C=O) groups excluding carboxylic acids is 1. The topological polar surface area (TPSA) is 80.5 Å². The van der Waals surface area contributed by atoms with Gasteiger partial charge in [0.2, 0.25) is 10.0 Å². The Morgan fingerprint density at radius 1 is 1.17 bits per heavy atom. The number of sulfonamides is 1. The van der Waals surface area contributed by atoms with Gasteiger partial charge >= 0.3 is 0 Å². The number of carbonyl (C=O) groups is 1. The van der Waals surface area contributed by atoms with Gasteiger partial charge in [-0.15, -0.1) is 0 Å². The van der Waals surface area contributed by atoms with Crippen molar-refractivity contribution in [1.29, 1.82) is 0 Å². The number of hydrogen-bond donors (Lipinski definition) is 1. The molecule has 0 radical (unpaired) electrons. The molecule has 2 rings (SSSR count). The summed E-state index contributed by atoms with van der Waals surface area (Å²) in [5.74, 6) is 0.157. The van der Waals surface area contributed by atoms with Crippen molar-refractivity contribution < 1.29 is 13.2 Å². The van der Waals surface area contributed by atoms with E-state index in [9.17, 15) is 13.2 Å². The lowest BCUT2D eigenvalue weighted by molar-refractivity contribution is -0.111. The minimum Gasteiger partial charge on any atom is -0.371 e. The lowest BCUT2D eigenvalue weighted by Crippen LogP contribution is -2.34. The lowest BCUT2D eigenvalue weighted by atomic mass is 9.98. The van der Waals surface area contributed by atoms with Gasteiger partial charge in [0.1, 0.15) is 6.29 Å². The minimum atomic E-state index is -3.63. The van der Waals surface area contributed by atoms with E-state index in [1.54, 1.807) is 12.1 Å². The van der Waals surface area contributed by atoms with Crippen LogP contribution >= 0.6 is 0 Å². The third-order valence-corrected chi connectivity index (χ3v) is 4.19. The van der Waals surface area contributed by atoms with Crippen LogP contribution in [0.5, 0.6) is 0 Å². The van der Waals surface area contributed by atoms with E-state index in [4.69, 9.17) is 5.14 Å². The molecule has 1 aliphatic rings. The van der Waals surface area contributed by atoms with E-state index in [0.717, 1.165) is 37.9 Å². The second kappa shape index (κ2) is 5.07. The van der Waals surface area contributed by atoms with Gasteiger partial charge < -0.3 is 9.69 Å². The summed E-state index contributed by atoms with van der Waals surface area (Å²) in [6.07, 6.45) is 2.71. The largest absolute Gasteiger partial charge is 0.371 e. The Balaban J connectivity index is 2.09. The first kappa shape index (κ1) is 13.0. The highest BCUT2D eigenvalue weighted by Gasteiger charge is 2.19. The number of piperidine rings is 1. The van der Waals surface area contributed by atoms with E-state index in [0.29, 0.717) is 0 Å². The second-order valence-corrected chi connectivity index (χ2v) is 6.06. The van der Waals surface area contributed by atoms with Crippen LogP contribution in [-0.2, 0) is 14.8 Å². The molecule has 0 aliphatic carbocycles. The standard InChI is InChI=1S/C12H16N2O3S/c13-18(16,17)12-3-1-11(2-4-12)14-7-5-10(9-15)6-8-14/h1-4,9-10H,5-8H2,(H2,13,16,17). The molecular weight excluding hydrogens is 252 g/mol. The molecule has 0 amide bonds. The monoisotopic (exact) mass is 268 g/mol. The normalized spacial score (nSPS) is 17.7. The van der Waals surface area contributed by atoms with E-state index >= 15 is 0 Å². The predicted molar refractivity (Wildman–Crippen MR) is 68.8 cm³/mol. The molecule has 18 heavy (non-hydrogen) atoms. The molecule has 98 valence electrons. The van der Waals surface area contributed by atoms with Crippen LogP contribution in [0.15, 0.2) is 29.2 Å². The Kier molecular flexibility index (Phi) is 3.68. The zero-order valence-corrected chi connectivity index (χ0v) is 10.8. The Hall–Kier alpha value is -1.40. The Labute approximate surface area is 107 Å². The third-order valence-electron chi connectivity index (χ3n) is 3.26. The Morgan fingerprint density at radius 3 is 2.17 bits per heavy atom. The average molecular weight is 268 g/mol. The van der Waals surface area contributed by atoms with Crippen LogP contribution in [0.3, 0.4) is 0 Å². The van der Waals surface area contributed by atoms with E-state index in [1.807, 2.05) is 0 Å². The maximum atomic E-state index is 11.1. The van der Waals surface area contributed by atoms with Crippen LogP contribution < -0.4 is 10.0 Å². The smallest absolute Gasteiger partial charge is 0.238 e. The first-order valence-electron chi connectivity index (χ1n) is 5.84. The van der Waals surface area contributed by atoms with Gasteiger partial charge in [-0.2, -0.15) is 0 Å². The highest BCUT2D eigenvalue weighted by atomic mass is 32.2. The van der Waals surface area contributed by atoms with Crippen molar-refractivity contribution in [2.75, 3.05) is 18.0 Å². The number of nitrogens with zero attached hydrogens (tertiary/aromatic N) is 1. The van der Waals surface area contributed by atoms with Gasteiger partial charge in [0, 0.05) is 24.7 Å². The number of hydrogen-bond acceptors (Lipinski definition) is 4. The van der Waals surface area contributed by atoms with Crippen molar-refractivity contribution in [3.8, 4) is 0 Å². The van der Waals surface area contributed by atoms with Gasteiger partial charge in [0.05, 0.1) is 4.90 Å². The molecular formula is C12H16N2O3S. The van der Waals surface area contributed by atoms with Crippen molar-refractivity contribution in [3.05, 3.63) is 24.3 Å². The van der Waals surface area contributed by atoms with Crippen molar-refractivity contribution in [1.82, 2.24) is 0 Å². The zero-order chi connectivity index (χ0) is 13.2. The van der Waals surface area contributed by atoms with Crippen molar-refractivity contribution >= 4 is 22.0 Å². The second-order valence-electron chi connectivity index (χ2n) is 4.50. The third kappa shape index (κ3) is 2.88. The lowest BCUT2D eigenvalue weighted by Gasteiger charge is -2.31. The summed E-state index contributed by atoms with van der Waals surface area (Å²) in [5, 5.41) is 5.04. The molecule has 1 heterocycles. The fraction of sp³-hybridized carbons (Fsp3) is 0.417. The number of aldehydes is 1. The summed E-state index contributed by atoms with van der Waals surface area (Å²) in [6.45, 7) is 1.64. The molecule has 1 aromatic carbocycles. The van der Waals surface area contributed by atoms with Gasteiger partial charge in [-0.05, 0) is 37.1 Å². The van der Waals surface area contributed by atoms with Gasteiger partial charge in [-0.25, -0.2) is 13.6 Å². The van der Waals surface area contributed by atoms with Crippen molar-refractivity contribution in [2.45, 2.75) is 17.7 Å². The fourth-order valence-corrected chi connectivity index (χ4v) is 2.66. The Morgan fingerprint density at radius 2 is 1.72 bits per heavy atom. The number of rotatable bonds is 3. The minimum absolute atomic E-state index is 0.119. The molecule has 0 aromatic heterocycles. The molecule has 6 heteroatoms. The summed E-state index contributed by atoms with van der Waals surface area (Å²) >= 11 is 0. The van der Waals surface area contributed by atoms with Crippen LogP contribution in [0.25, 0.3) is 0 Å². The molecule has 5 nitrogen and oxygen atoms in total. The highest BCUT2D eigenvalue weighted by molar-refractivity contribution is 7.89. The van der Waals surface area contributed by atoms with Crippen LogP contribution in [-0.4, -0.2) is 27.8 Å². The molecule has 1 aliphatic heterocycles. The van der Waals surface area contributed by atoms with Crippen LogP contribution in [0.1, 0.15) is 12.8 Å².